The maximum absolute atomic E-state index is 3.86. The standard InChI is InChI=1S/C41H27.2ClH.Zr/c1-4-14-28(15-5-1)37-27-39(34-23-13-12-22-33(34)37)41-36(25-24-35-32-21-11-10-20-31(32)26-38(35)41)40(29-16-6-2-7-17-29)30-18-8-3-9-19-30;;;/h1-25,27,39H;2*1H;/q-1;;;+3/p-2. The largest absolute Gasteiger partial charge is 3.00 e. The van der Waals surface area contributed by atoms with E-state index in [1.165, 1.54) is 71.0 Å². The van der Waals surface area contributed by atoms with E-state index in [2.05, 4.69) is 164 Å². The van der Waals surface area contributed by atoms with Crippen LogP contribution in [0.25, 0.3) is 17.2 Å². The monoisotopic (exact) mass is 679 g/mol. The van der Waals surface area contributed by atoms with Crippen LogP contribution in [0.2, 0.25) is 0 Å². The molecule has 6 aromatic carbocycles. The second-order valence-corrected chi connectivity index (χ2v) is 10.7. The Labute approximate surface area is 289 Å². The number of rotatable bonds is 4. The van der Waals surface area contributed by atoms with Crippen molar-refractivity contribution in [2.75, 3.05) is 0 Å². The summed E-state index contributed by atoms with van der Waals surface area (Å²) in [4.78, 5) is 0. The molecule has 0 spiro atoms. The first kappa shape index (κ1) is 31.7. The van der Waals surface area contributed by atoms with E-state index in [0.717, 1.165) is 0 Å². The fraction of sp³-hybridized carbons (Fsp3) is 0.0244. The van der Waals surface area contributed by atoms with Crippen molar-refractivity contribution in [3.63, 3.8) is 0 Å². The SMILES string of the molecule is [C-]1=c2ccccc2=c2ccc(=C(c3ccccc3)c3ccccc3)c(C3C=C(c4ccccc4)c4ccccc43)c21.[Cl-].[Cl-].[Zr+3]. The first-order valence-electron chi connectivity index (χ1n) is 14.2. The van der Waals surface area contributed by atoms with Gasteiger partial charge in [0.25, 0.3) is 0 Å². The summed E-state index contributed by atoms with van der Waals surface area (Å²) in [5, 5.41) is 4.95. The Morgan fingerprint density at radius 1 is 0.523 bits per heavy atom. The summed E-state index contributed by atoms with van der Waals surface area (Å²) >= 11 is 0. The molecule has 0 heterocycles. The molecule has 2 aliphatic carbocycles. The molecule has 0 saturated heterocycles. The van der Waals surface area contributed by atoms with Gasteiger partial charge in [-0.2, -0.15) is 0 Å². The number of hydrogen-bond acceptors (Lipinski definition) is 0. The zero-order valence-electron chi connectivity index (χ0n) is 23.8. The van der Waals surface area contributed by atoms with Gasteiger partial charge in [0.1, 0.15) is 0 Å². The smallest absolute Gasteiger partial charge is 1.00 e. The van der Waals surface area contributed by atoms with E-state index in [9.17, 15) is 0 Å². The van der Waals surface area contributed by atoms with Crippen LogP contribution in [0.3, 0.4) is 0 Å². The number of fused-ring (bicyclic) bond motifs is 3. The van der Waals surface area contributed by atoms with Crippen molar-refractivity contribution < 1.29 is 51.0 Å². The predicted molar refractivity (Wildman–Crippen MR) is 169 cm³/mol. The van der Waals surface area contributed by atoms with E-state index in [1.807, 2.05) is 0 Å². The maximum atomic E-state index is 3.86. The molecular formula is C41H27Cl2Zr. The van der Waals surface area contributed by atoms with Gasteiger partial charge in [-0.3, -0.25) is 0 Å². The molecule has 44 heavy (non-hydrogen) atoms. The van der Waals surface area contributed by atoms with Crippen molar-refractivity contribution in [1.82, 2.24) is 0 Å². The van der Waals surface area contributed by atoms with Gasteiger partial charge in [0.2, 0.25) is 0 Å². The first-order chi connectivity index (χ1) is 20.4. The van der Waals surface area contributed by atoms with Gasteiger partial charge in [-0.25, -0.2) is 0 Å². The van der Waals surface area contributed by atoms with Gasteiger partial charge in [-0.05, 0) is 44.2 Å². The summed E-state index contributed by atoms with van der Waals surface area (Å²) in [5.74, 6) is 0.0931. The third-order valence-electron chi connectivity index (χ3n) is 8.43. The second-order valence-electron chi connectivity index (χ2n) is 10.7. The van der Waals surface area contributed by atoms with Crippen LogP contribution in [0, 0.1) is 10.4 Å². The molecule has 0 aliphatic heterocycles. The van der Waals surface area contributed by atoms with E-state index in [1.54, 1.807) is 0 Å². The molecule has 0 saturated carbocycles. The Balaban J connectivity index is 0.00000128. The predicted octanol–water partition coefficient (Wildman–Crippen LogP) is 1.82. The number of hydrogen-bond donors (Lipinski definition) is 0. The van der Waals surface area contributed by atoms with Crippen LogP contribution in [-0.2, 0) is 26.2 Å². The van der Waals surface area contributed by atoms with Crippen LogP contribution in [0.4, 0.5) is 0 Å². The molecule has 0 amide bonds. The van der Waals surface area contributed by atoms with Crippen LogP contribution in [0.1, 0.15) is 44.9 Å². The summed E-state index contributed by atoms with van der Waals surface area (Å²) in [5.41, 5.74) is 11.4. The van der Waals surface area contributed by atoms with E-state index >= 15 is 0 Å². The Hall–Kier alpha value is -3.74. The molecule has 0 bridgehead atoms. The topological polar surface area (TPSA) is 0 Å². The van der Waals surface area contributed by atoms with Gasteiger partial charge in [-0.15, -0.1) is 33.4 Å². The quantitative estimate of drug-likeness (QED) is 0.249. The second kappa shape index (κ2) is 13.5. The summed E-state index contributed by atoms with van der Waals surface area (Å²) in [7, 11) is 0. The fourth-order valence-electron chi connectivity index (χ4n) is 6.64. The number of benzene rings is 6. The van der Waals surface area contributed by atoms with Crippen LogP contribution in [0.5, 0.6) is 0 Å². The molecule has 1 atom stereocenters. The minimum absolute atomic E-state index is 0. The van der Waals surface area contributed by atoms with Gasteiger partial charge in [-0.1, -0.05) is 157 Å². The zero-order chi connectivity index (χ0) is 27.2. The number of halogens is 2. The summed E-state index contributed by atoms with van der Waals surface area (Å²) in [6.45, 7) is 0. The molecule has 0 aromatic heterocycles. The first-order valence-corrected chi connectivity index (χ1v) is 14.2. The van der Waals surface area contributed by atoms with Crippen molar-refractivity contribution in [3.8, 4) is 0 Å². The van der Waals surface area contributed by atoms with E-state index < -0.39 is 0 Å². The van der Waals surface area contributed by atoms with Gasteiger partial charge in [0.15, 0.2) is 0 Å². The average Bonchev–Trinajstić information content (AvgIpc) is 3.62. The van der Waals surface area contributed by atoms with Crippen LogP contribution >= 0.6 is 0 Å². The molecule has 209 valence electrons. The maximum Gasteiger partial charge on any atom is 3.00 e. The summed E-state index contributed by atoms with van der Waals surface area (Å²) in [6.07, 6.45) is 6.35. The van der Waals surface area contributed by atoms with Gasteiger partial charge in [0, 0.05) is 5.92 Å². The molecule has 2 aliphatic rings. The minimum Gasteiger partial charge on any atom is -1.00 e. The van der Waals surface area contributed by atoms with Gasteiger partial charge in [0.05, 0.1) is 0 Å². The molecule has 0 nitrogen and oxygen atoms in total. The van der Waals surface area contributed by atoms with Crippen LogP contribution < -0.4 is 35.3 Å². The Kier molecular flexibility index (Phi) is 9.72. The van der Waals surface area contributed by atoms with Crippen molar-refractivity contribution >= 4 is 17.2 Å². The van der Waals surface area contributed by atoms with Gasteiger partial charge < -0.3 is 24.8 Å². The van der Waals surface area contributed by atoms with Gasteiger partial charge >= 0.3 is 26.2 Å². The third-order valence-corrected chi connectivity index (χ3v) is 8.43. The molecule has 1 unspecified atom stereocenters. The normalized spacial score (nSPS) is 13.5. The molecule has 3 heteroatoms. The summed E-state index contributed by atoms with van der Waals surface area (Å²) in [6, 6.07) is 54.7. The van der Waals surface area contributed by atoms with Crippen molar-refractivity contribution in [3.05, 3.63) is 218 Å². The Morgan fingerprint density at radius 2 is 1.09 bits per heavy atom. The van der Waals surface area contributed by atoms with Crippen LogP contribution in [0.15, 0.2) is 158 Å². The zero-order valence-corrected chi connectivity index (χ0v) is 27.8. The summed E-state index contributed by atoms with van der Waals surface area (Å²) < 4.78 is 0. The fourth-order valence-corrected chi connectivity index (χ4v) is 6.64. The minimum atomic E-state index is 0. The molecule has 8 rings (SSSR count). The molecule has 0 N–H and O–H groups in total. The van der Waals surface area contributed by atoms with Crippen LogP contribution in [-0.4, -0.2) is 0 Å². The van der Waals surface area contributed by atoms with Crippen molar-refractivity contribution in [1.29, 1.82) is 0 Å². The Bertz CT molecular complexity index is 2150. The van der Waals surface area contributed by atoms with Crippen molar-refractivity contribution in [2.45, 2.75) is 5.92 Å². The number of allylic oxidation sites excluding steroid dienone is 1. The van der Waals surface area contributed by atoms with E-state index in [-0.39, 0.29) is 56.9 Å². The Morgan fingerprint density at radius 3 is 1.77 bits per heavy atom. The average molecular weight is 682 g/mol. The van der Waals surface area contributed by atoms with E-state index in [0.29, 0.717) is 0 Å². The molecular weight excluding hydrogens is 655 g/mol. The molecule has 6 aromatic rings. The molecule has 0 fully saturated rings. The molecule has 1 radical (unpaired) electrons. The van der Waals surface area contributed by atoms with E-state index in [4.69, 9.17) is 0 Å². The van der Waals surface area contributed by atoms with Crippen molar-refractivity contribution in [2.24, 2.45) is 0 Å². The third kappa shape index (κ3) is 5.39.